The third-order valence-corrected chi connectivity index (χ3v) is 3.28. The molecule has 0 saturated heterocycles. The van der Waals surface area contributed by atoms with E-state index in [4.69, 9.17) is 0 Å². The van der Waals surface area contributed by atoms with Crippen molar-refractivity contribution in [3.05, 3.63) is 0 Å². The van der Waals surface area contributed by atoms with E-state index < -0.39 is 0 Å². The fraction of sp³-hybridized carbons (Fsp3) is 1.00. The maximum Gasteiger partial charge on any atom is 0.000490 e. The molecule has 1 aliphatic carbocycles. The second kappa shape index (κ2) is 4.27. The van der Waals surface area contributed by atoms with Gasteiger partial charge in [-0.15, -0.1) is 0 Å². The zero-order valence-corrected chi connectivity index (χ0v) is 8.82. The first-order chi connectivity index (χ1) is 5.72. The van der Waals surface area contributed by atoms with Gasteiger partial charge >= 0.3 is 0 Å². The molecule has 0 aliphatic heterocycles. The summed E-state index contributed by atoms with van der Waals surface area (Å²) in [6, 6.07) is 0. The summed E-state index contributed by atoms with van der Waals surface area (Å²) in [4.78, 5) is 0. The van der Waals surface area contributed by atoms with Crippen LogP contribution >= 0.6 is 0 Å². The zero-order chi connectivity index (χ0) is 9.03. The molecule has 1 aliphatic rings. The topological polar surface area (TPSA) is 12.0 Å². The van der Waals surface area contributed by atoms with Crippen LogP contribution in [0.1, 0.15) is 46.0 Å². The summed E-state index contributed by atoms with van der Waals surface area (Å²) >= 11 is 0. The van der Waals surface area contributed by atoms with Gasteiger partial charge < -0.3 is 5.32 Å². The largest absolute Gasteiger partial charge is 0.319 e. The molecule has 0 aromatic heterocycles. The molecule has 2 unspecified atom stereocenters. The second-order valence-corrected chi connectivity index (χ2v) is 4.63. The lowest BCUT2D eigenvalue weighted by Crippen LogP contribution is -2.30. The molecular formula is C11H23N. The predicted octanol–water partition coefficient (Wildman–Crippen LogP) is 2.81. The quantitative estimate of drug-likeness (QED) is 0.682. The van der Waals surface area contributed by atoms with E-state index in [-0.39, 0.29) is 0 Å². The van der Waals surface area contributed by atoms with E-state index in [9.17, 15) is 0 Å². The number of nitrogens with one attached hydrogen (secondary N) is 1. The Hall–Kier alpha value is -0.0400. The van der Waals surface area contributed by atoms with Crippen LogP contribution in [0.25, 0.3) is 0 Å². The molecule has 1 N–H and O–H groups in total. The van der Waals surface area contributed by atoms with E-state index >= 15 is 0 Å². The first-order valence-electron chi connectivity index (χ1n) is 5.37. The van der Waals surface area contributed by atoms with E-state index in [1.807, 2.05) is 0 Å². The molecule has 0 spiro atoms. The molecule has 0 aromatic carbocycles. The second-order valence-electron chi connectivity index (χ2n) is 4.63. The van der Waals surface area contributed by atoms with Crippen LogP contribution < -0.4 is 5.32 Å². The van der Waals surface area contributed by atoms with Crippen molar-refractivity contribution in [2.45, 2.75) is 46.0 Å². The van der Waals surface area contributed by atoms with Gasteiger partial charge in [-0.05, 0) is 37.6 Å². The SMILES string of the molecule is CCCC1(CNC)CCC(C)C1. The smallest absolute Gasteiger partial charge is 0.000490 e. The van der Waals surface area contributed by atoms with Gasteiger partial charge in [0, 0.05) is 6.54 Å². The fourth-order valence-electron chi connectivity index (χ4n) is 2.88. The molecule has 1 heteroatoms. The lowest BCUT2D eigenvalue weighted by atomic mass is 9.81. The highest BCUT2D eigenvalue weighted by molar-refractivity contribution is 4.88. The third kappa shape index (κ3) is 2.22. The molecular weight excluding hydrogens is 146 g/mol. The van der Waals surface area contributed by atoms with E-state index in [1.54, 1.807) is 0 Å². The first-order valence-corrected chi connectivity index (χ1v) is 5.37. The Labute approximate surface area is 76.9 Å². The Balaban J connectivity index is 2.48. The molecule has 0 heterocycles. The summed E-state index contributed by atoms with van der Waals surface area (Å²) in [6.45, 7) is 5.93. The van der Waals surface area contributed by atoms with E-state index in [0.717, 1.165) is 5.92 Å². The maximum atomic E-state index is 3.36. The molecule has 72 valence electrons. The molecule has 1 fully saturated rings. The van der Waals surface area contributed by atoms with Crippen LogP contribution in [0.3, 0.4) is 0 Å². The van der Waals surface area contributed by atoms with Crippen LogP contribution in [0, 0.1) is 11.3 Å². The Morgan fingerprint density at radius 2 is 2.25 bits per heavy atom. The standard InChI is InChI=1S/C11H23N/c1-4-6-11(9-12-3)7-5-10(2)8-11/h10,12H,4-9H2,1-3H3. The van der Waals surface area contributed by atoms with Crippen LogP contribution in [0.5, 0.6) is 0 Å². The van der Waals surface area contributed by atoms with Gasteiger partial charge in [0.1, 0.15) is 0 Å². The maximum absolute atomic E-state index is 3.36. The Kier molecular flexibility index (Phi) is 3.57. The highest BCUT2D eigenvalue weighted by Crippen LogP contribution is 2.44. The summed E-state index contributed by atoms with van der Waals surface area (Å²) in [6.07, 6.45) is 7.10. The fourth-order valence-corrected chi connectivity index (χ4v) is 2.88. The van der Waals surface area contributed by atoms with Crippen molar-refractivity contribution < 1.29 is 0 Å². The van der Waals surface area contributed by atoms with Gasteiger partial charge in [-0.1, -0.05) is 26.7 Å². The summed E-state index contributed by atoms with van der Waals surface area (Å²) in [5.41, 5.74) is 0.656. The van der Waals surface area contributed by atoms with E-state index in [0.29, 0.717) is 5.41 Å². The van der Waals surface area contributed by atoms with Crippen molar-refractivity contribution in [1.82, 2.24) is 5.32 Å². The highest BCUT2D eigenvalue weighted by atomic mass is 14.8. The summed E-state index contributed by atoms with van der Waals surface area (Å²) in [5, 5.41) is 3.36. The van der Waals surface area contributed by atoms with Crippen LogP contribution in [-0.2, 0) is 0 Å². The molecule has 0 aromatic rings. The van der Waals surface area contributed by atoms with Crippen molar-refractivity contribution in [3.8, 4) is 0 Å². The van der Waals surface area contributed by atoms with Crippen LogP contribution in [0.2, 0.25) is 0 Å². The summed E-state index contributed by atoms with van der Waals surface area (Å²) in [7, 11) is 2.08. The average Bonchev–Trinajstić information content (AvgIpc) is 2.34. The minimum atomic E-state index is 0.656. The monoisotopic (exact) mass is 169 g/mol. The minimum Gasteiger partial charge on any atom is -0.319 e. The third-order valence-electron chi connectivity index (χ3n) is 3.28. The molecule has 2 atom stereocenters. The molecule has 0 bridgehead atoms. The van der Waals surface area contributed by atoms with Crippen molar-refractivity contribution in [2.75, 3.05) is 13.6 Å². The van der Waals surface area contributed by atoms with Crippen molar-refractivity contribution in [3.63, 3.8) is 0 Å². The van der Waals surface area contributed by atoms with Gasteiger partial charge in [0.05, 0.1) is 0 Å². The molecule has 0 amide bonds. The van der Waals surface area contributed by atoms with Crippen molar-refractivity contribution in [2.24, 2.45) is 11.3 Å². The number of hydrogen-bond donors (Lipinski definition) is 1. The van der Waals surface area contributed by atoms with Gasteiger partial charge in [0.25, 0.3) is 0 Å². The number of rotatable bonds is 4. The van der Waals surface area contributed by atoms with Crippen molar-refractivity contribution >= 4 is 0 Å². The van der Waals surface area contributed by atoms with Gasteiger partial charge in [-0.2, -0.15) is 0 Å². The molecule has 12 heavy (non-hydrogen) atoms. The lowest BCUT2D eigenvalue weighted by Gasteiger charge is -2.28. The predicted molar refractivity (Wildman–Crippen MR) is 54.3 cm³/mol. The average molecular weight is 169 g/mol. The summed E-state index contributed by atoms with van der Waals surface area (Å²) in [5.74, 6) is 0.963. The number of hydrogen-bond acceptors (Lipinski definition) is 1. The highest BCUT2D eigenvalue weighted by Gasteiger charge is 2.35. The Bertz CT molecular complexity index is 119. The van der Waals surface area contributed by atoms with Crippen LogP contribution in [0.15, 0.2) is 0 Å². The molecule has 1 rings (SSSR count). The van der Waals surface area contributed by atoms with Gasteiger partial charge in [0.2, 0.25) is 0 Å². The van der Waals surface area contributed by atoms with Gasteiger partial charge in [-0.25, -0.2) is 0 Å². The molecule has 0 radical (unpaired) electrons. The first kappa shape index (κ1) is 10.0. The van der Waals surface area contributed by atoms with Gasteiger partial charge in [0.15, 0.2) is 0 Å². The Morgan fingerprint density at radius 1 is 1.50 bits per heavy atom. The zero-order valence-electron chi connectivity index (χ0n) is 8.82. The minimum absolute atomic E-state index is 0.656. The van der Waals surface area contributed by atoms with Crippen molar-refractivity contribution in [1.29, 1.82) is 0 Å². The van der Waals surface area contributed by atoms with Gasteiger partial charge in [-0.3, -0.25) is 0 Å². The molecule has 1 nitrogen and oxygen atoms in total. The van der Waals surface area contributed by atoms with Crippen LogP contribution in [-0.4, -0.2) is 13.6 Å². The van der Waals surface area contributed by atoms with Crippen LogP contribution in [0.4, 0.5) is 0 Å². The van der Waals surface area contributed by atoms with E-state index in [1.165, 1.54) is 38.6 Å². The molecule has 1 saturated carbocycles. The van der Waals surface area contributed by atoms with E-state index in [2.05, 4.69) is 26.2 Å². The normalized spacial score (nSPS) is 35.8. The Morgan fingerprint density at radius 3 is 2.67 bits per heavy atom. The lowest BCUT2D eigenvalue weighted by molar-refractivity contribution is 0.253. The summed E-state index contributed by atoms with van der Waals surface area (Å²) < 4.78 is 0.